The maximum absolute atomic E-state index is 11.6. The quantitative estimate of drug-likeness (QED) is 0.438. The van der Waals surface area contributed by atoms with E-state index < -0.39 is 17.7 Å². The van der Waals surface area contributed by atoms with Crippen molar-refractivity contribution in [2.75, 3.05) is 0 Å². The highest BCUT2D eigenvalue weighted by Gasteiger charge is 2.33. The van der Waals surface area contributed by atoms with Crippen molar-refractivity contribution >= 4 is 29.1 Å². The van der Waals surface area contributed by atoms with Crippen molar-refractivity contribution in [3.63, 3.8) is 0 Å². The van der Waals surface area contributed by atoms with Gasteiger partial charge >= 0.3 is 0 Å². The van der Waals surface area contributed by atoms with Crippen molar-refractivity contribution in [1.82, 2.24) is 10.6 Å². The second kappa shape index (κ2) is 4.61. The van der Waals surface area contributed by atoms with Crippen LogP contribution in [0.3, 0.4) is 0 Å². The second-order valence-corrected chi connectivity index (χ2v) is 4.29. The summed E-state index contributed by atoms with van der Waals surface area (Å²) in [4.78, 5) is 23.2. The first-order chi connectivity index (χ1) is 8.47. The molecule has 0 atom stereocenters. The molecule has 1 aliphatic rings. The van der Waals surface area contributed by atoms with E-state index in [9.17, 15) is 14.7 Å². The molecule has 1 fully saturated rings. The van der Waals surface area contributed by atoms with Gasteiger partial charge in [0.2, 0.25) is 11.8 Å². The van der Waals surface area contributed by atoms with Gasteiger partial charge in [0.05, 0.1) is 0 Å². The van der Waals surface area contributed by atoms with Crippen LogP contribution in [-0.2, 0) is 16.0 Å². The summed E-state index contributed by atoms with van der Waals surface area (Å²) in [5.74, 6) is -2.21. The van der Waals surface area contributed by atoms with Gasteiger partial charge in [0.1, 0.15) is 17.4 Å². The highest BCUT2D eigenvalue weighted by atomic mass is 32.1. The highest BCUT2D eigenvalue weighted by Crippen LogP contribution is 2.25. The summed E-state index contributed by atoms with van der Waals surface area (Å²) in [5.41, 5.74) is 0.399. The van der Waals surface area contributed by atoms with Crippen molar-refractivity contribution in [3.8, 4) is 11.5 Å². The van der Waals surface area contributed by atoms with Crippen molar-refractivity contribution in [1.29, 1.82) is 0 Å². The Kier molecular flexibility index (Phi) is 3.15. The molecule has 2 rings (SSSR count). The van der Waals surface area contributed by atoms with E-state index in [-0.39, 0.29) is 23.0 Å². The van der Waals surface area contributed by atoms with Gasteiger partial charge in [-0.1, -0.05) is 6.07 Å². The molecule has 0 bridgehead atoms. The first kappa shape index (κ1) is 12.3. The van der Waals surface area contributed by atoms with E-state index in [2.05, 4.69) is 22.9 Å². The van der Waals surface area contributed by atoms with Crippen LogP contribution in [0.5, 0.6) is 11.5 Å². The first-order valence-electron chi connectivity index (χ1n) is 5.14. The monoisotopic (exact) mass is 266 g/mol. The van der Waals surface area contributed by atoms with E-state index in [4.69, 9.17) is 5.11 Å². The van der Waals surface area contributed by atoms with E-state index in [1.165, 1.54) is 12.1 Å². The number of benzene rings is 1. The fraction of sp³-hybridized carbons (Fsp3) is 0.182. The molecule has 1 aromatic rings. The van der Waals surface area contributed by atoms with Gasteiger partial charge < -0.3 is 20.8 Å². The third kappa shape index (κ3) is 2.40. The molecule has 0 unspecified atom stereocenters. The Hall–Kier alpha value is -2.15. The number of amides is 2. The third-order valence-corrected chi connectivity index (χ3v) is 2.80. The van der Waals surface area contributed by atoms with E-state index in [1.54, 1.807) is 0 Å². The zero-order valence-electron chi connectivity index (χ0n) is 9.14. The van der Waals surface area contributed by atoms with Crippen LogP contribution in [0, 0.1) is 5.92 Å². The number of carbonyl (C=O) groups excluding carboxylic acids is 2. The molecule has 1 aliphatic heterocycles. The van der Waals surface area contributed by atoms with Crippen LogP contribution in [0.15, 0.2) is 18.2 Å². The molecule has 0 aliphatic carbocycles. The fourth-order valence-electron chi connectivity index (χ4n) is 1.68. The normalized spacial score (nSPS) is 16.3. The summed E-state index contributed by atoms with van der Waals surface area (Å²) in [6.07, 6.45) is 0.0341. The van der Waals surface area contributed by atoms with Gasteiger partial charge in [-0.2, -0.15) is 0 Å². The molecule has 4 N–H and O–H groups in total. The lowest BCUT2D eigenvalue weighted by atomic mass is 9.96. The number of hydrogen-bond donors (Lipinski definition) is 4. The molecule has 0 spiro atoms. The number of phenolic OH excluding ortho intramolecular Hbond substituents is 2. The minimum absolute atomic E-state index is 0.0174. The molecular weight excluding hydrogens is 256 g/mol. The van der Waals surface area contributed by atoms with Crippen molar-refractivity contribution < 1.29 is 19.8 Å². The summed E-state index contributed by atoms with van der Waals surface area (Å²) < 4.78 is 0. The van der Waals surface area contributed by atoms with Gasteiger partial charge in [-0.05, 0) is 30.3 Å². The van der Waals surface area contributed by atoms with E-state index >= 15 is 0 Å². The zero-order chi connectivity index (χ0) is 13.3. The predicted molar refractivity (Wildman–Crippen MR) is 65.8 cm³/mol. The van der Waals surface area contributed by atoms with Crippen LogP contribution in [0.25, 0.3) is 0 Å². The van der Waals surface area contributed by atoms with E-state index in [0.717, 1.165) is 6.07 Å². The van der Waals surface area contributed by atoms with Gasteiger partial charge in [0.25, 0.3) is 0 Å². The Morgan fingerprint density at radius 3 is 2.33 bits per heavy atom. The van der Waals surface area contributed by atoms with Gasteiger partial charge in [-0.15, -0.1) is 0 Å². The molecule has 18 heavy (non-hydrogen) atoms. The summed E-state index contributed by atoms with van der Waals surface area (Å²) >= 11 is 4.67. The standard InChI is InChI=1S/C11H10N2O4S/c14-6-2-1-5(8(15)4-6)3-7-9(16)12-11(18)13-10(7)17/h1-2,4,7,14-15H,3H2,(H2,12,13,16,17,18). The van der Waals surface area contributed by atoms with E-state index in [0.29, 0.717) is 5.56 Å². The first-order valence-corrected chi connectivity index (χ1v) is 5.55. The van der Waals surface area contributed by atoms with Gasteiger partial charge in [0, 0.05) is 6.07 Å². The molecule has 0 saturated carbocycles. The topological polar surface area (TPSA) is 98.7 Å². The van der Waals surface area contributed by atoms with E-state index in [1.807, 2.05) is 0 Å². The van der Waals surface area contributed by atoms with Gasteiger partial charge in [-0.25, -0.2) is 0 Å². The molecular formula is C11H10N2O4S. The smallest absolute Gasteiger partial charge is 0.239 e. The molecule has 0 aromatic heterocycles. The minimum atomic E-state index is -0.952. The lowest BCUT2D eigenvalue weighted by Gasteiger charge is -2.22. The predicted octanol–water partition coefficient (Wildman–Crippen LogP) is -0.213. The van der Waals surface area contributed by atoms with Crippen molar-refractivity contribution in [2.45, 2.75) is 6.42 Å². The van der Waals surface area contributed by atoms with Crippen molar-refractivity contribution in [3.05, 3.63) is 23.8 Å². The highest BCUT2D eigenvalue weighted by molar-refractivity contribution is 7.80. The zero-order valence-corrected chi connectivity index (χ0v) is 9.95. The Bertz CT molecular complexity index is 524. The number of aromatic hydroxyl groups is 2. The maximum Gasteiger partial charge on any atom is 0.239 e. The van der Waals surface area contributed by atoms with Gasteiger partial charge in [0.15, 0.2) is 5.11 Å². The van der Waals surface area contributed by atoms with Crippen LogP contribution in [0.4, 0.5) is 0 Å². The number of phenols is 2. The number of rotatable bonds is 2. The third-order valence-electron chi connectivity index (χ3n) is 2.60. The fourth-order valence-corrected chi connectivity index (χ4v) is 1.88. The Labute approximate surface area is 108 Å². The lowest BCUT2D eigenvalue weighted by molar-refractivity contribution is -0.135. The van der Waals surface area contributed by atoms with Crippen LogP contribution >= 0.6 is 12.2 Å². The second-order valence-electron chi connectivity index (χ2n) is 3.88. The largest absolute Gasteiger partial charge is 0.508 e. The molecule has 0 radical (unpaired) electrons. The lowest BCUT2D eigenvalue weighted by Crippen LogP contribution is -2.56. The SMILES string of the molecule is O=C1NC(=S)NC(=O)C1Cc1ccc(O)cc1O. The van der Waals surface area contributed by atoms with Gasteiger partial charge in [-0.3, -0.25) is 9.59 Å². The summed E-state index contributed by atoms with van der Waals surface area (Å²) in [6, 6.07) is 3.98. The average Bonchev–Trinajstić information content (AvgIpc) is 2.25. The number of hydrogen-bond acceptors (Lipinski definition) is 5. The summed E-state index contributed by atoms with van der Waals surface area (Å²) in [6.45, 7) is 0. The Balaban J connectivity index is 2.20. The Morgan fingerprint density at radius 1 is 1.17 bits per heavy atom. The minimum Gasteiger partial charge on any atom is -0.508 e. The van der Waals surface area contributed by atoms with Crippen molar-refractivity contribution in [2.24, 2.45) is 5.92 Å². The average molecular weight is 266 g/mol. The number of nitrogens with one attached hydrogen (secondary N) is 2. The molecule has 6 nitrogen and oxygen atoms in total. The number of carbonyl (C=O) groups is 2. The molecule has 1 aromatic carbocycles. The van der Waals surface area contributed by atoms with Crippen LogP contribution in [0.1, 0.15) is 5.56 Å². The summed E-state index contributed by atoms with van der Waals surface area (Å²) in [7, 11) is 0. The molecule has 7 heteroatoms. The molecule has 1 heterocycles. The molecule has 1 saturated heterocycles. The molecule has 94 valence electrons. The maximum atomic E-state index is 11.6. The summed E-state index contributed by atoms with van der Waals surface area (Å²) in [5, 5.41) is 23.4. The van der Waals surface area contributed by atoms with Crippen LogP contribution < -0.4 is 10.6 Å². The Morgan fingerprint density at radius 2 is 1.78 bits per heavy atom. The van der Waals surface area contributed by atoms with Crippen LogP contribution in [-0.4, -0.2) is 27.1 Å². The molecule has 2 amide bonds. The number of thiocarbonyl (C=S) groups is 1. The van der Waals surface area contributed by atoms with Crippen LogP contribution in [0.2, 0.25) is 0 Å².